The molecule has 0 saturated carbocycles. The zero-order valence-corrected chi connectivity index (χ0v) is 19.7. The number of amides is 2. The average molecular weight is 519 g/mol. The lowest BCUT2D eigenvalue weighted by atomic mass is 10.1. The molecule has 4 rings (SSSR count). The topological polar surface area (TPSA) is 74.8 Å². The highest BCUT2D eigenvalue weighted by molar-refractivity contribution is 9.10. The molecule has 1 fully saturated rings. The zero-order valence-electron chi connectivity index (χ0n) is 16.5. The van der Waals surface area contributed by atoms with Crippen molar-refractivity contribution < 1.29 is 18.0 Å². The molecule has 3 aromatic rings. The largest absolute Gasteiger partial charge is 0.274 e. The van der Waals surface area contributed by atoms with E-state index in [1.165, 1.54) is 10.4 Å². The first-order chi connectivity index (χ1) is 14.8. The van der Waals surface area contributed by atoms with Crippen molar-refractivity contribution in [3.8, 4) is 0 Å². The highest BCUT2D eigenvalue weighted by atomic mass is 79.9. The number of imide groups is 1. The Morgan fingerprint density at radius 2 is 1.71 bits per heavy atom. The van der Waals surface area contributed by atoms with Gasteiger partial charge in [0.05, 0.1) is 12.1 Å². The highest BCUT2D eigenvalue weighted by Gasteiger charge is 2.49. The van der Waals surface area contributed by atoms with Gasteiger partial charge in [-0.3, -0.25) is 9.59 Å². The standard InChI is InChI=1S/C22H19BrN2O4S2/c1-15(16-6-3-2-4-7-16)25(31(28,29)21-8-5-13-30-21)19-14-20(26)24(22(19)27)18-11-9-17(23)10-12-18/h2-13,15,19H,14H2,1H3. The Bertz CT molecular complexity index is 1200. The molecule has 1 aliphatic rings. The summed E-state index contributed by atoms with van der Waals surface area (Å²) in [5.74, 6) is -0.973. The Balaban J connectivity index is 1.78. The van der Waals surface area contributed by atoms with Gasteiger partial charge in [0.2, 0.25) is 5.91 Å². The summed E-state index contributed by atoms with van der Waals surface area (Å²) >= 11 is 4.42. The van der Waals surface area contributed by atoms with E-state index in [0.717, 1.165) is 26.3 Å². The van der Waals surface area contributed by atoms with E-state index in [9.17, 15) is 18.0 Å². The number of thiophene rings is 1. The maximum absolute atomic E-state index is 13.6. The van der Waals surface area contributed by atoms with Crippen molar-refractivity contribution in [1.82, 2.24) is 4.31 Å². The first-order valence-electron chi connectivity index (χ1n) is 9.55. The van der Waals surface area contributed by atoms with Gasteiger partial charge in [-0.15, -0.1) is 11.3 Å². The third-order valence-electron chi connectivity index (χ3n) is 5.21. The zero-order chi connectivity index (χ0) is 22.2. The Morgan fingerprint density at radius 3 is 2.32 bits per heavy atom. The summed E-state index contributed by atoms with van der Waals surface area (Å²) < 4.78 is 29.3. The van der Waals surface area contributed by atoms with Crippen LogP contribution in [-0.2, 0) is 19.6 Å². The Morgan fingerprint density at radius 1 is 1.03 bits per heavy atom. The molecule has 31 heavy (non-hydrogen) atoms. The quantitative estimate of drug-likeness (QED) is 0.447. The van der Waals surface area contributed by atoms with Gasteiger partial charge in [-0.1, -0.05) is 52.3 Å². The molecule has 0 spiro atoms. The second-order valence-corrected chi connectivity index (χ2v) is 11.1. The van der Waals surface area contributed by atoms with Crippen molar-refractivity contribution in [2.24, 2.45) is 0 Å². The fourth-order valence-corrected chi connectivity index (χ4v) is 6.83. The van der Waals surface area contributed by atoms with Crippen LogP contribution in [0.5, 0.6) is 0 Å². The molecule has 1 saturated heterocycles. The SMILES string of the molecule is CC(c1ccccc1)N(C1CC(=O)N(c2ccc(Br)cc2)C1=O)S(=O)(=O)c1cccs1. The summed E-state index contributed by atoms with van der Waals surface area (Å²) in [5, 5.41) is 1.67. The molecule has 2 heterocycles. The van der Waals surface area contributed by atoms with Gasteiger partial charge in [-0.05, 0) is 48.2 Å². The Kier molecular flexibility index (Phi) is 6.11. The van der Waals surface area contributed by atoms with Gasteiger partial charge in [-0.25, -0.2) is 13.3 Å². The molecule has 0 radical (unpaired) electrons. The summed E-state index contributed by atoms with van der Waals surface area (Å²) in [5.41, 5.74) is 1.16. The third kappa shape index (κ3) is 4.10. The van der Waals surface area contributed by atoms with Crippen LogP contribution in [0.25, 0.3) is 0 Å². The van der Waals surface area contributed by atoms with Gasteiger partial charge in [0, 0.05) is 10.5 Å². The van der Waals surface area contributed by atoms with Gasteiger partial charge in [0.15, 0.2) is 0 Å². The number of nitrogens with zero attached hydrogens (tertiary/aromatic N) is 2. The minimum atomic E-state index is -4.01. The predicted octanol–water partition coefficient (Wildman–Crippen LogP) is 4.59. The molecule has 2 atom stereocenters. The number of halogens is 1. The fraction of sp³-hybridized carbons (Fsp3) is 0.182. The molecule has 160 valence electrons. The molecule has 6 nitrogen and oxygen atoms in total. The molecule has 2 amide bonds. The summed E-state index contributed by atoms with van der Waals surface area (Å²) in [7, 11) is -4.01. The highest BCUT2D eigenvalue weighted by Crippen LogP contribution is 2.36. The summed E-state index contributed by atoms with van der Waals surface area (Å²) in [4.78, 5) is 27.3. The Hall–Kier alpha value is -2.33. The van der Waals surface area contributed by atoms with Crippen molar-refractivity contribution in [2.75, 3.05) is 4.90 Å². The van der Waals surface area contributed by atoms with Gasteiger partial charge < -0.3 is 0 Å². The van der Waals surface area contributed by atoms with Crippen LogP contribution in [0.2, 0.25) is 0 Å². The maximum atomic E-state index is 13.6. The number of carbonyl (C=O) groups is 2. The van der Waals surface area contributed by atoms with Crippen molar-refractivity contribution in [3.05, 3.63) is 82.1 Å². The predicted molar refractivity (Wildman–Crippen MR) is 123 cm³/mol. The van der Waals surface area contributed by atoms with E-state index in [4.69, 9.17) is 0 Å². The first-order valence-corrected chi connectivity index (χ1v) is 12.7. The molecular weight excluding hydrogens is 500 g/mol. The molecule has 9 heteroatoms. The van der Waals surface area contributed by atoms with Crippen LogP contribution in [0, 0.1) is 0 Å². The summed E-state index contributed by atoms with van der Waals surface area (Å²) in [6.45, 7) is 1.74. The molecule has 0 aliphatic carbocycles. The molecule has 0 N–H and O–H groups in total. The third-order valence-corrected chi connectivity index (χ3v) is 9.09. The number of hydrogen-bond acceptors (Lipinski definition) is 5. The minimum absolute atomic E-state index is 0.137. The number of carbonyl (C=O) groups excluding carboxylic acids is 2. The van der Waals surface area contributed by atoms with E-state index in [-0.39, 0.29) is 10.6 Å². The van der Waals surface area contributed by atoms with Crippen LogP contribution in [-0.4, -0.2) is 30.6 Å². The monoisotopic (exact) mass is 518 g/mol. The minimum Gasteiger partial charge on any atom is -0.274 e. The van der Waals surface area contributed by atoms with Crippen LogP contribution in [0.1, 0.15) is 24.9 Å². The second-order valence-electron chi connectivity index (χ2n) is 7.12. The Labute approximate surface area is 193 Å². The van der Waals surface area contributed by atoms with Crippen molar-refractivity contribution in [2.45, 2.75) is 29.6 Å². The van der Waals surface area contributed by atoms with E-state index in [0.29, 0.717) is 5.69 Å². The number of benzene rings is 2. The van der Waals surface area contributed by atoms with Crippen molar-refractivity contribution >= 4 is 54.8 Å². The fourth-order valence-electron chi connectivity index (χ4n) is 3.71. The number of rotatable bonds is 6. The van der Waals surface area contributed by atoms with Gasteiger partial charge in [0.1, 0.15) is 10.3 Å². The molecular formula is C22H19BrN2O4S2. The molecule has 1 aliphatic heterocycles. The normalized spacial score (nSPS) is 18.0. The number of sulfonamides is 1. The molecule has 1 aromatic heterocycles. The summed E-state index contributed by atoms with van der Waals surface area (Å²) in [6.07, 6.45) is -0.212. The van der Waals surface area contributed by atoms with E-state index >= 15 is 0 Å². The lowest BCUT2D eigenvalue weighted by molar-refractivity contribution is -0.122. The number of hydrogen-bond donors (Lipinski definition) is 0. The van der Waals surface area contributed by atoms with Gasteiger partial charge in [0.25, 0.3) is 15.9 Å². The van der Waals surface area contributed by atoms with Gasteiger partial charge >= 0.3 is 0 Å². The average Bonchev–Trinajstić information content (AvgIpc) is 3.39. The van der Waals surface area contributed by atoms with Crippen LogP contribution in [0.4, 0.5) is 5.69 Å². The lowest BCUT2D eigenvalue weighted by Gasteiger charge is -2.32. The van der Waals surface area contributed by atoms with Crippen LogP contribution < -0.4 is 4.90 Å². The number of anilines is 1. The van der Waals surface area contributed by atoms with Crippen molar-refractivity contribution in [1.29, 1.82) is 0 Å². The second kappa shape index (κ2) is 8.66. The van der Waals surface area contributed by atoms with Gasteiger partial charge in [-0.2, -0.15) is 4.31 Å². The lowest BCUT2D eigenvalue weighted by Crippen LogP contribution is -2.46. The van der Waals surface area contributed by atoms with Crippen LogP contribution in [0.15, 0.2) is 80.8 Å². The molecule has 0 bridgehead atoms. The van der Waals surface area contributed by atoms with Crippen molar-refractivity contribution in [3.63, 3.8) is 0 Å². The smallest absolute Gasteiger partial charge is 0.253 e. The van der Waals surface area contributed by atoms with Crippen LogP contribution in [0.3, 0.4) is 0 Å². The van der Waals surface area contributed by atoms with E-state index in [1.54, 1.807) is 42.6 Å². The van der Waals surface area contributed by atoms with E-state index in [2.05, 4.69) is 15.9 Å². The van der Waals surface area contributed by atoms with E-state index < -0.39 is 33.9 Å². The molecule has 2 unspecified atom stereocenters. The van der Waals surface area contributed by atoms with E-state index in [1.807, 2.05) is 30.3 Å². The summed E-state index contributed by atoms with van der Waals surface area (Å²) in [6, 6.07) is 17.3. The first kappa shape index (κ1) is 21.9. The van der Waals surface area contributed by atoms with Crippen LogP contribution >= 0.6 is 27.3 Å². The molecule has 2 aromatic carbocycles. The maximum Gasteiger partial charge on any atom is 0.253 e.